The summed E-state index contributed by atoms with van der Waals surface area (Å²) in [6.07, 6.45) is 3.04. The average molecular weight is 470 g/mol. The van der Waals surface area contributed by atoms with Gasteiger partial charge in [0.15, 0.2) is 0 Å². The van der Waals surface area contributed by atoms with Crippen LogP contribution in [-0.4, -0.2) is 63.1 Å². The number of amides is 2. The summed E-state index contributed by atoms with van der Waals surface area (Å²) in [6.45, 7) is 6.43. The second-order valence-corrected chi connectivity index (χ2v) is 10.7. The summed E-state index contributed by atoms with van der Waals surface area (Å²) in [4.78, 5) is 44.4. The van der Waals surface area contributed by atoms with Crippen LogP contribution >= 0.6 is 0 Å². The summed E-state index contributed by atoms with van der Waals surface area (Å²) in [7, 11) is 1.74. The first-order valence-corrected chi connectivity index (χ1v) is 12.1. The predicted octanol–water partition coefficient (Wildman–Crippen LogP) is 4.18. The van der Waals surface area contributed by atoms with Gasteiger partial charge in [0.05, 0.1) is 6.54 Å². The predicted molar refractivity (Wildman–Crippen MR) is 128 cm³/mol. The maximum Gasteiger partial charge on any atom is 0.410 e. The first kappa shape index (κ1) is 24.1. The number of H-pyrrole nitrogens is 1. The number of rotatable bonds is 4. The lowest BCUT2D eigenvalue weighted by Crippen LogP contribution is -2.51. The van der Waals surface area contributed by atoms with Gasteiger partial charge in [-0.15, -0.1) is 0 Å². The molecule has 2 heterocycles. The van der Waals surface area contributed by atoms with Crippen molar-refractivity contribution in [2.24, 2.45) is 11.8 Å². The van der Waals surface area contributed by atoms with Crippen LogP contribution in [0.2, 0.25) is 0 Å². The molecule has 0 saturated heterocycles. The first-order valence-electron chi connectivity index (χ1n) is 12.1. The number of benzene rings is 1. The molecule has 1 aliphatic carbocycles. The highest BCUT2D eigenvalue weighted by molar-refractivity contribution is 5.90. The van der Waals surface area contributed by atoms with Gasteiger partial charge in [-0.05, 0) is 64.0 Å². The number of carboxylic acids is 1. The van der Waals surface area contributed by atoms with E-state index in [2.05, 4.69) is 4.98 Å². The van der Waals surface area contributed by atoms with Gasteiger partial charge in [-0.2, -0.15) is 0 Å². The number of carboxylic acid groups (broad SMARTS) is 1. The van der Waals surface area contributed by atoms with Gasteiger partial charge in [0.2, 0.25) is 5.91 Å². The Morgan fingerprint density at radius 3 is 2.47 bits per heavy atom. The highest BCUT2D eigenvalue weighted by atomic mass is 16.6. The van der Waals surface area contributed by atoms with E-state index in [-0.39, 0.29) is 17.9 Å². The SMILES string of the molecule is CN(C[C@H]1CC[C@H](C(=O)N2Cc3[nH]c4ccccc4c3CC2C(=O)O)CC1)C(=O)OC(C)(C)C. The molecule has 2 aliphatic rings. The third-order valence-corrected chi connectivity index (χ3v) is 7.01. The Labute approximate surface area is 200 Å². The van der Waals surface area contributed by atoms with Crippen LogP contribution in [0.25, 0.3) is 10.9 Å². The zero-order chi connectivity index (χ0) is 24.6. The number of ether oxygens (including phenoxy) is 1. The molecule has 4 rings (SSSR count). The fourth-order valence-corrected chi connectivity index (χ4v) is 5.29. The number of nitrogens with one attached hydrogen (secondary N) is 1. The molecule has 0 radical (unpaired) electrons. The normalized spacial score (nSPS) is 22.8. The maximum absolute atomic E-state index is 13.5. The molecule has 1 saturated carbocycles. The minimum Gasteiger partial charge on any atom is -0.480 e. The number of carbonyl (C=O) groups is 3. The van der Waals surface area contributed by atoms with Crippen molar-refractivity contribution >= 4 is 28.9 Å². The van der Waals surface area contributed by atoms with E-state index in [9.17, 15) is 19.5 Å². The van der Waals surface area contributed by atoms with Crippen LogP contribution in [0.1, 0.15) is 57.7 Å². The fraction of sp³-hybridized carbons (Fsp3) is 0.577. The quantitative estimate of drug-likeness (QED) is 0.699. The average Bonchev–Trinajstić information content (AvgIpc) is 3.14. The number of hydrogen-bond donors (Lipinski definition) is 2. The Morgan fingerprint density at radius 2 is 1.82 bits per heavy atom. The van der Waals surface area contributed by atoms with Gasteiger partial charge in [-0.1, -0.05) is 18.2 Å². The highest BCUT2D eigenvalue weighted by Gasteiger charge is 2.40. The molecule has 184 valence electrons. The Bertz CT molecular complexity index is 1080. The second kappa shape index (κ2) is 9.31. The zero-order valence-corrected chi connectivity index (χ0v) is 20.5. The van der Waals surface area contributed by atoms with E-state index in [1.165, 1.54) is 0 Å². The summed E-state index contributed by atoms with van der Waals surface area (Å²) in [5.74, 6) is -0.915. The van der Waals surface area contributed by atoms with Crippen LogP contribution in [-0.2, 0) is 27.3 Å². The molecule has 2 aromatic rings. The molecule has 1 aliphatic heterocycles. The van der Waals surface area contributed by atoms with Gasteiger partial charge in [-0.25, -0.2) is 9.59 Å². The maximum atomic E-state index is 13.5. The van der Waals surface area contributed by atoms with Crippen molar-refractivity contribution in [3.8, 4) is 0 Å². The Balaban J connectivity index is 1.39. The second-order valence-electron chi connectivity index (χ2n) is 10.7. The largest absolute Gasteiger partial charge is 0.480 e. The monoisotopic (exact) mass is 469 g/mol. The van der Waals surface area contributed by atoms with E-state index in [1.807, 2.05) is 45.0 Å². The van der Waals surface area contributed by atoms with Crippen molar-refractivity contribution in [3.05, 3.63) is 35.5 Å². The summed E-state index contributed by atoms with van der Waals surface area (Å²) in [6, 6.07) is 7.01. The lowest BCUT2D eigenvalue weighted by molar-refractivity contribution is -0.154. The molecule has 1 fully saturated rings. The topological polar surface area (TPSA) is 103 Å². The molecule has 34 heavy (non-hydrogen) atoms. The molecule has 1 atom stereocenters. The van der Waals surface area contributed by atoms with E-state index in [4.69, 9.17) is 4.74 Å². The zero-order valence-electron chi connectivity index (χ0n) is 20.5. The van der Waals surface area contributed by atoms with Crippen LogP contribution in [0, 0.1) is 11.8 Å². The third-order valence-electron chi connectivity index (χ3n) is 7.01. The third kappa shape index (κ3) is 5.05. The molecule has 8 heteroatoms. The van der Waals surface area contributed by atoms with Gasteiger partial charge < -0.3 is 24.6 Å². The Morgan fingerprint density at radius 1 is 1.15 bits per heavy atom. The van der Waals surface area contributed by atoms with Crippen LogP contribution in [0.4, 0.5) is 4.79 Å². The first-order chi connectivity index (χ1) is 16.0. The van der Waals surface area contributed by atoms with E-state index in [0.717, 1.165) is 35.0 Å². The minimum absolute atomic E-state index is 0.0735. The standard InChI is InChI=1S/C26H35N3O5/c1-26(2,3)34-25(33)28(4)14-16-9-11-17(12-10-16)23(30)29-15-21-19(13-22(29)24(31)32)18-7-5-6-8-20(18)27-21/h5-8,16-17,22,27H,9-15H2,1-4H3,(H,31,32)/t16-,17-,22?. The lowest BCUT2D eigenvalue weighted by atomic mass is 9.80. The number of fused-ring (bicyclic) bond motifs is 3. The molecule has 8 nitrogen and oxygen atoms in total. The summed E-state index contributed by atoms with van der Waals surface area (Å²) < 4.78 is 5.43. The summed E-state index contributed by atoms with van der Waals surface area (Å²) >= 11 is 0. The number of carbonyl (C=O) groups excluding carboxylic acids is 2. The molecular weight excluding hydrogens is 434 g/mol. The Kier molecular flexibility index (Phi) is 6.60. The lowest BCUT2D eigenvalue weighted by Gasteiger charge is -2.38. The van der Waals surface area contributed by atoms with Gasteiger partial charge >= 0.3 is 12.1 Å². The fourth-order valence-electron chi connectivity index (χ4n) is 5.29. The van der Waals surface area contributed by atoms with Gasteiger partial charge in [0.25, 0.3) is 0 Å². The van der Waals surface area contributed by atoms with Gasteiger partial charge in [0.1, 0.15) is 11.6 Å². The van der Waals surface area contributed by atoms with Crippen LogP contribution in [0.3, 0.4) is 0 Å². The van der Waals surface area contributed by atoms with Crippen LogP contribution in [0.15, 0.2) is 24.3 Å². The molecular formula is C26H35N3O5. The van der Waals surface area contributed by atoms with Crippen molar-refractivity contribution in [1.29, 1.82) is 0 Å². The molecule has 2 N–H and O–H groups in total. The minimum atomic E-state index is -0.961. The van der Waals surface area contributed by atoms with E-state index in [1.54, 1.807) is 16.8 Å². The van der Waals surface area contributed by atoms with Crippen LogP contribution in [0.5, 0.6) is 0 Å². The van der Waals surface area contributed by atoms with Gasteiger partial charge in [-0.3, -0.25) is 4.79 Å². The molecule has 1 unspecified atom stereocenters. The van der Waals surface area contributed by atoms with E-state index >= 15 is 0 Å². The number of nitrogens with zero attached hydrogens (tertiary/aromatic N) is 2. The van der Waals surface area contributed by atoms with Gasteiger partial charge in [0, 0.05) is 42.5 Å². The van der Waals surface area contributed by atoms with Crippen molar-refractivity contribution < 1.29 is 24.2 Å². The van der Waals surface area contributed by atoms with Crippen molar-refractivity contribution in [1.82, 2.24) is 14.8 Å². The molecule has 1 aromatic heterocycles. The number of aromatic amines is 1. The van der Waals surface area contributed by atoms with E-state index < -0.39 is 17.6 Å². The molecule has 1 aromatic carbocycles. The molecule has 0 spiro atoms. The van der Waals surface area contributed by atoms with E-state index in [0.29, 0.717) is 38.3 Å². The number of hydrogen-bond acceptors (Lipinski definition) is 4. The summed E-state index contributed by atoms with van der Waals surface area (Å²) in [5.41, 5.74) is 2.37. The number of aliphatic carboxylic acids is 1. The smallest absolute Gasteiger partial charge is 0.410 e. The molecule has 0 bridgehead atoms. The summed E-state index contributed by atoms with van der Waals surface area (Å²) in [5, 5.41) is 10.9. The van der Waals surface area contributed by atoms with Crippen molar-refractivity contribution in [2.45, 2.75) is 71.1 Å². The van der Waals surface area contributed by atoms with Crippen LogP contribution < -0.4 is 0 Å². The highest BCUT2D eigenvalue weighted by Crippen LogP contribution is 2.35. The molecule has 2 amide bonds. The number of para-hydroxylation sites is 1. The van der Waals surface area contributed by atoms with Crippen molar-refractivity contribution in [2.75, 3.05) is 13.6 Å². The Hall–Kier alpha value is -3.03. The number of aromatic nitrogens is 1. The van der Waals surface area contributed by atoms with Crippen molar-refractivity contribution in [3.63, 3.8) is 0 Å².